The van der Waals surface area contributed by atoms with E-state index in [4.69, 9.17) is 5.11 Å². The van der Waals surface area contributed by atoms with Crippen molar-refractivity contribution in [2.45, 2.75) is 51.4 Å². The van der Waals surface area contributed by atoms with Gasteiger partial charge in [-0.15, -0.1) is 0 Å². The van der Waals surface area contributed by atoms with Crippen LogP contribution in [0.5, 0.6) is 0 Å². The number of aromatic carboxylic acids is 1. The molecule has 33 heavy (non-hydrogen) atoms. The molecule has 0 saturated heterocycles. The highest BCUT2D eigenvalue weighted by Gasteiger charge is 2.23. The molecule has 6 nitrogen and oxygen atoms in total. The Morgan fingerprint density at radius 3 is 2.52 bits per heavy atom. The molecule has 0 aliphatic heterocycles. The van der Waals surface area contributed by atoms with E-state index in [-0.39, 0.29) is 11.4 Å². The van der Waals surface area contributed by atoms with Gasteiger partial charge in [0.05, 0.1) is 22.5 Å². The fraction of sp³-hybridized carbons (Fsp3) is 0.400. The number of nitrogens with zero attached hydrogens (tertiary/aromatic N) is 2. The molecule has 8 heteroatoms. The SMILES string of the molecule is Cn1cc(N(c2ccc(C(=O)O)cc2)S(=O)O)c2cc(F)cc(CCCC3CCCCC3)c21. The Bertz CT molecular complexity index is 1170. The van der Waals surface area contributed by atoms with Gasteiger partial charge >= 0.3 is 5.97 Å². The molecule has 3 aromatic rings. The summed E-state index contributed by atoms with van der Waals surface area (Å²) in [5, 5.41) is 9.68. The summed E-state index contributed by atoms with van der Waals surface area (Å²) in [5.74, 6) is -0.705. The van der Waals surface area contributed by atoms with Crippen LogP contribution in [-0.4, -0.2) is 24.4 Å². The van der Waals surface area contributed by atoms with Crippen molar-refractivity contribution in [2.24, 2.45) is 13.0 Å². The Labute approximate surface area is 195 Å². The largest absolute Gasteiger partial charge is 0.478 e. The first-order valence-electron chi connectivity index (χ1n) is 11.4. The fourth-order valence-corrected chi connectivity index (χ4v) is 5.66. The second kappa shape index (κ2) is 10.1. The smallest absolute Gasteiger partial charge is 0.335 e. The molecule has 2 aromatic carbocycles. The summed E-state index contributed by atoms with van der Waals surface area (Å²) in [4.78, 5) is 11.2. The lowest BCUT2D eigenvalue weighted by Crippen LogP contribution is -2.19. The lowest BCUT2D eigenvalue weighted by molar-refractivity contribution is 0.0697. The van der Waals surface area contributed by atoms with Gasteiger partial charge < -0.3 is 9.67 Å². The zero-order valence-corrected chi connectivity index (χ0v) is 19.5. The first-order chi connectivity index (χ1) is 15.8. The van der Waals surface area contributed by atoms with Crippen molar-refractivity contribution in [1.82, 2.24) is 4.57 Å². The maximum absolute atomic E-state index is 14.6. The van der Waals surface area contributed by atoms with Crippen LogP contribution in [0.4, 0.5) is 15.8 Å². The van der Waals surface area contributed by atoms with Crippen molar-refractivity contribution in [3.05, 3.63) is 59.5 Å². The van der Waals surface area contributed by atoms with Crippen LogP contribution in [0.3, 0.4) is 0 Å². The van der Waals surface area contributed by atoms with Gasteiger partial charge in [0.2, 0.25) is 0 Å². The lowest BCUT2D eigenvalue weighted by Gasteiger charge is -2.21. The minimum Gasteiger partial charge on any atom is -0.478 e. The van der Waals surface area contributed by atoms with Crippen LogP contribution in [0.25, 0.3) is 10.9 Å². The van der Waals surface area contributed by atoms with Gasteiger partial charge in [0.25, 0.3) is 11.3 Å². The van der Waals surface area contributed by atoms with E-state index in [1.807, 2.05) is 11.6 Å². The van der Waals surface area contributed by atoms with Gasteiger partial charge in [-0.1, -0.05) is 38.5 Å². The maximum atomic E-state index is 14.6. The number of hydrogen-bond donors (Lipinski definition) is 2. The highest BCUT2D eigenvalue weighted by atomic mass is 32.2. The topological polar surface area (TPSA) is 82.8 Å². The number of halogens is 1. The number of carbonyl (C=O) groups is 1. The van der Waals surface area contributed by atoms with E-state index >= 15 is 0 Å². The van der Waals surface area contributed by atoms with Gasteiger partial charge in [0, 0.05) is 18.6 Å². The molecular formula is C25H29FN2O4S. The Kier molecular flexibility index (Phi) is 7.14. The molecule has 176 valence electrons. The monoisotopic (exact) mass is 472 g/mol. The molecule has 0 radical (unpaired) electrons. The zero-order valence-electron chi connectivity index (χ0n) is 18.7. The van der Waals surface area contributed by atoms with Gasteiger partial charge in [0.1, 0.15) is 5.82 Å². The van der Waals surface area contributed by atoms with Crippen LogP contribution in [-0.2, 0) is 24.7 Å². The molecule has 1 saturated carbocycles. The number of carboxylic acids is 1. The first kappa shape index (κ1) is 23.4. The van der Waals surface area contributed by atoms with Crippen LogP contribution < -0.4 is 4.31 Å². The summed E-state index contributed by atoms with van der Waals surface area (Å²) >= 11 is -2.44. The molecule has 4 rings (SSSR count). The van der Waals surface area contributed by atoms with Gasteiger partial charge in [-0.3, -0.25) is 4.55 Å². The molecule has 0 spiro atoms. The van der Waals surface area contributed by atoms with Crippen LogP contribution in [0.15, 0.2) is 42.6 Å². The molecule has 1 unspecified atom stereocenters. The molecule has 0 bridgehead atoms. The number of aromatic nitrogens is 1. The quantitative estimate of drug-likeness (QED) is 0.383. The minimum atomic E-state index is -2.44. The number of anilines is 2. The number of fused-ring (bicyclic) bond motifs is 1. The van der Waals surface area contributed by atoms with Crippen LogP contribution in [0.1, 0.15) is 60.9 Å². The van der Waals surface area contributed by atoms with Crippen molar-refractivity contribution in [3.63, 3.8) is 0 Å². The van der Waals surface area contributed by atoms with Crippen molar-refractivity contribution < 1.29 is 23.1 Å². The predicted molar refractivity (Wildman–Crippen MR) is 129 cm³/mol. The third-order valence-electron chi connectivity index (χ3n) is 6.61. The Balaban J connectivity index is 1.67. The molecular weight excluding hydrogens is 443 g/mol. The Morgan fingerprint density at radius 1 is 1.18 bits per heavy atom. The van der Waals surface area contributed by atoms with Crippen LogP contribution in [0.2, 0.25) is 0 Å². The average molecular weight is 473 g/mol. The molecule has 1 atom stereocenters. The molecule has 1 fully saturated rings. The van der Waals surface area contributed by atoms with E-state index in [2.05, 4.69) is 0 Å². The summed E-state index contributed by atoms with van der Waals surface area (Å²) in [6.07, 6.45) is 11.1. The molecule has 2 N–H and O–H groups in total. The first-order valence-corrected chi connectivity index (χ1v) is 12.4. The molecule has 1 aliphatic rings. The lowest BCUT2D eigenvalue weighted by atomic mass is 9.85. The molecule has 1 heterocycles. The Morgan fingerprint density at radius 2 is 1.88 bits per heavy atom. The molecule has 1 aliphatic carbocycles. The van der Waals surface area contributed by atoms with Crippen LogP contribution in [0, 0.1) is 11.7 Å². The maximum Gasteiger partial charge on any atom is 0.335 e. The summed E-state index contributed by atoms with van der Waals surface area (Å²) in [7, 11) is 1.85. The third-order valence-corrected chi connectivity index (χ3v) is 7.33. The number of carboxylic acid groups (broad SMARTS) is 1. The van der Waals surface area contributed by atoms with Gasteiger partial charge in [-0.25, -0.2) is 17.7 Å². The highest BCUT2D eigenvalue weighted by Crippen LogP contribution is 2.37. The van der Waals surface area contributed by atoms with Crippen molar-refractivity contribution >= 4 is 39.5 Å². The third kappa shape index (κ3) is 5.12. The van der Waals surface area contributed by atoms with E-state index < -0.39 is 17.2 Å². The second-order valence-corrected chi connectivity index (χ2v) is 9.69. The summed E-state index contributed by atoms with van der Waals surface area (Å²) in [6, 6.07) is 8.65. The average Bonchev–Trinajstić information content (AvgIpc) is 3.10. The predicted octanol–water partition coefficient (Wildman–Crippen LogP) is 6.19. The van der Waals surface area contributed by atoms with Gasteiger partial charge in [-0.05, 0) is 60.7 Å². The number of rotatable bonds is 8. The minimum absolute atomic E-state index is 0.0756. The van der Waals surface area contributed by atoms with Crippen LogP contribution >= 0.6 is 0 Å². The summed E-state index contributed by atoms with van der Waals surface area (Å²) < 4.78 is 40.1. The van der Waals surface area contributed by atoms with Crippen molar-refractivity contribution in [3.8, 4) is 0 Å². The van der Waals surface area contributed by atoms with E-state index in [0.717, 1.165) is 36.3 Å². The summed E-state index contributed by atoms with van der Waals surface area (Å²) in [6.45, 7) is 0. The number of hydrogen-bond acceptors (Lipinski definition) is 2. The standard InChI is InChI=1S/C25H29FN2O4S/c1-27-16-23(28(33(31)32)21-12-10-18(11-13-21)25(29)30)22-15-20(26)14-19(24(22)27)9-5-8-17-6-3-2-4-7-17/h10-17H,2-9H2,1H3,(H,29,30)(H,31,32). The van der Waals surface area contributed by atoms with Crippen molar-refractivity contribution in [2.75, 3.05) is 4.31 Å². The van der Waals surface area contributed by atoms with E-state index in [1.165, 1.54) is 66.7 Å². The molecule has 1 aromatic heterocycles. The Hall–Kier alpha value is -2.71. The van der Waals surface area contributed by atoms with Gasteiger partial charge in [-0.2, -0.15) is 0 Å². The number of benzene rings is 2. The summed E-state index contributed by atoms with van der Waals surface area (Å²) in [5.41, 5.74) is 2.54. The second-order valence-electron chi connectivity index (χ2n) is 8.86. The normalized spacial score (nSPS) is 15.6. The molecule has 0 amide bonds. The van der Waals surface area contributed by atoms with E-state index in [9.17, 15) is 17.9 Å². The zero-order chi connectivity index (χ0) is 23.5. The van der Waals surface area contributed by atoms with Gasteiger partial charge in [0.15, 0.2) is 0 Å². The van der Waals surface area contributed by atoms with E-state index in [1.54, 1.807) is 12.3 Å². The van der Waals surface area contributed by atoms with E-state index in [0.29, 0.717) is 16.8 Å². The van der Waals surface area contributed by atoms with Crippen molar-refractivity contribution in [1.29, 1.82) is 0 Å². The number of aryl methyl sites for hydroxylation is 2. The fourth-order valence-electron chi connectivity index (χ4n) is 5.05. The highest BCUT2D eigenvalue weighted by molar-refractivity contribution is 7.81.